The first-order valence-corrected chi connectivity index (χ1v) is 19.4. The summed E-state index contributed by atoms with van der Waals surface area (Å²) in [5.41, 5.74) is 7.53. The summed E-state index contributed by atoms with van der Waals surface area (Å²) in [6.45, 7) is 20.2. The number of fused-ring (bicyclic) bond motifs is 1. The number of ether oxygens (including phenoxy) is 1. The predicted octanol–water partition coefficient (Wildman–Crippen LogP) is 12.5. The molecule has 0 aliphatic carbocycles. The van der Waals surface area contributed by atoms with Crippen molar-refractivity contribution in [2.75, 3.05) is 6.61 Å². The van der Waals surface area contributed by atoms with Crippen molar-refractivity contribution in [3.8, 4) is 45.7 Å². The Labute approximate surface area is 307 Å². The number of phenolic OH excluding ortho intramolecular Hbond substituents is 1. The highest BCUT2D eigenvalue weighted by Gasteiger charge is 2.21. The molecule has 0 bridgehead atoms. The number of unbranched alkanes of at least 4 members (excludes halogenated alkanes) is 2. The number of para-hydroxylation sites is 1. The van der Waals surface area contributed by atoms with Gasteiger partial charge >= 0.3 is 0 Å². The van der Waals surface area contributed by atoms with Crippen molar-refractivity contribution in [2.24, 2.45) is 18.9 Å². The van der Waals surface area contributed by atoms with Gasteiger partial charge in [-0.2, -0.15) is 0 Å². The number of aromatic nitrogens is 4. The van der Waals surface area contributed by atoms with Gasteiger partial charge in [-0.3, -0.25) is 0 Å². The summed E-state index contributed by atoms with van der Waals surface area (Å²) in [6.07, 6.45) is 13.8. The number of rotatable bonds is 15. The second-order valence-electron chi connectivity index (χ2n) is 14.3. The molecular weight excluding hydrogens is 629 g/mol. The van der Waals surface area contributed by atoms with E-state index in [-0.39, 0.29) is 5.75 Å². The van der Waals surface area contributed by atoms with Gasteiger partial charge in [-0.25, -0.2) is 15.0 Å². The molecule has 0 aliphatic heterocycles. The van der Waals surface area contributed by atoms with E-state index in [0.717, 1.165) is 69.0 Å². The van der Waals surface area contributed by atoms with Crippen LogP contribution in [0.15, 0.2) is 54.7 Å². The van der Waals surface area contributed by atoms with Gasteiger partial charge in [0.15, 0.2) is 17.5 Å². The fraction of sp³-hybridized carbons (Fsp3) is 0.489. The standard InChI is InChI=1S/C36H42N4O2.C9H20/c1-8-10-13-26(9-2)21-42-32-19-18-27(24(5)25(32)6)34-37-35(29-17-16-22(3)23(4)33(29)41)39-36(38-34)30-20-40(7)31-15-12-11-14-28(30)31;1-4-7-8-9(5-2)6-3/h11-12,14-20,26,41H,8-10,13,21H2,1-7H3;9H,4-8H2,1-3H3. The second-order valence-corrected chi connectivity index (χ2v) is 14.3. The Bertz CT molecular complexity index is 1870. The zero-order chi connectivity index (χ0) is 37.1. The molecule has 0 aliphatic rings. The molecule has 2 heterocycles. The summed E-state index contributed by atoms with van der Waals surface area (Å²) in [6, 6.07) is 16.2. The van der Waals surface area contributed by atoms with E-state index in [2.05, 4.69) is 77.4 Å². The lowest BCUT2D eigenvalue weighted by Crippen LogP contribution is -2.12. The summed E-state index contributed by atoms with van der Waals surface area (Å²) < 4.78 is 8.44. The number of phenols is 1. The fourth-order valence-corrected chi connectivity index (χ4v) is 6.73. The van der Waals surface area contributed by atoms with Crippen molar-refractivity contribution in [3.63, 3.8) is 0 Å². The lowest BCUT2D eigenvalue weighted by molar-refractivity contribution is 0.232. The van der Waals surface area contributed by atoms with E-state index in [9.17, 15) is 5.11 Å². The van der Waals surface area contributed by atoms with Crippen molar-refractivity contribution in [1.29, 1.82) is 0 Å². The van der Waals surface area contributed by atoms with Crippen LogP contribution in [-0.2, 0) is 7.05 Å². The molecule has 274 valence electrons. The minimum Gasteiger partial charge on any atom is -0.507 e. The molecule has 6 heteroatoms. The smallest absolute Gasteiger partial charge is 0.167 e. The Morgan fingerprint density at radius 2 is 1.22 bits per heavy atom. The van der Waals surface area contributed by atoms with Gasteiger partial charge in [0.05, 0.1) is 12.2 Å². The summed E-state index contributed by atoms with van der Waals surface area (Å²) in [4.78, 5) is 14.9. The molecule has 3 aromatic carbocycles. The van der Waals surface area contributed by atoms with Gasteiger partial charge in [0, 0.05) is 35.3 Å². The van der Waals surface area contributed by atoms with E-state index >= 15 is 0 Å². The first kappa shape index (κ1) is 39.6. The Hall–Kier alpha value is -4.19. The van der Waals surface area contributed by atoms with Crippen molar-refractivity contribution in [1.82, 2.24) is 19.5 Å². The highest BCUT2D eigenvalue weighted by atomic mass is 16.5. The molecule has 5 rings (SSSR count). The fourth-order valence-electron chi connectivity index (χ4n) is 6.73. The largest absolute Gasteiger partial charge is 0.507 e. The third-order valence-electron chi connectivity index (χ3n) is 10.8. The molecule has 0 saturated carbocycles. The Balaban J connectivity index is 0.000000573. The number of aryl methyl sites for hydroxylation is 2. The van der Waals surface area contributed by atoms with Gasteiger partial charge in [-0.1, -0.05) is 110 Å². The number of hydrogen-bond donors (Lipinski definition) is 1. The van der Waals surface area contributed by atoms with Crippen LogP contribution in [0.4, 0.5) is 0 Å². The van der Waals surface area contributed by atoms with Crippen molar-refractivity contribution >= 4 is 10.9 Å². The molecule has 0 spiro atoms. The van der Waals surface area contributed by atoms with Crippen LogP contribution in [0.5, 0.6) is 11.5 Å². The maximum atomic E-state index is 11.1. The van der Waals surface area contributed by atoms with Gasteiger partial charge in [-0.15, -0.1) is 0 Å². The maximum Gasteiger partial charge on any atom is 0.167 e. The van der Waals surface area contributed by atoms with E-state index in [0.29, 0.717) is 29.0 Å². The van der Waals surface area contributed by atoms with Gasteiger partial charge in [0.2, 0.25) is 0 Å². The lowest BCUT2D eigenvalue weighted by atomic mass is 9.97. The molecule has 1 unspecified atom stereocenters. The number of hydrogen-bond acceptors (Lipinski definition) is 5. The molecule has 1 N–H and O–H groups in total. The van der Waals surface area contributed by atoms with Crippen LogP contribution >= 0.6 is 0 Å². The molecule has 0 saturated heterocycles. The first-order valence-electron chi connectivity index (χ1n) is 19.4. The van der Waals surface area contributed by atoms with Crippen molar-refractivity contribution in [3.05, 3.63) is 77.0 Å². The normalized spacial score (nSPS) is 11.9. The molecular formula is C45H62N4O2. The summed E-state index contributed by atoms with van der Waals surface area (Å²) in [5.74, 6) is 4.25. The lowest BCUT2D eigenvalue weighted by Gasteiger charge is -2.19. The number of aromatic hydroxyl groups is 1. The summed E-state index contributed by atoms with van der Waals surface area (Å²) in [5, 5.41) is 12.2. The van der Waals surface area contributed by atoms with E-state index in [1.165, 1.54) is 51.4 Å². The summed E-state index contributed by atoms with van der Waals surface area (Å²) >= 11 is 0. The molecule has 0 fully saturated rings. The zero-order valence-electron chi connectivity index (χ0n) is 33.1. The monoisotopic (exact) mass is 690 g/mol. The third kappa shape index (κ3) is 9.58. The predicted molar refractivity (Wildman–Crippen MR) is 216 cm³/mol. The minimum atomic E-state index is 0.196. The van der Waals surface area contributed by atoms with Gasteiger partial charge in [0.1, 0.15) is 11.5 Å². The van der Waals surface area contributed by atoms with Crippen LogP contribution in [0.25, 0.3) is 45.1 Å². The molecule has 5 aromatic rings. The quantitative estimate of drug-likeness (QED) is 0.118. The van der Waals surface area contributed by atoms with Gasteiger partial charge < -0.3 is 14.4 Å². The Morgan fingerprint density at radius 3 is 1.84 bits per heavy atom. The van der Waals surface area contributed by atoms with E-state index in [1.807, 2.05) is 51.2 Å². The van der Waals surface area contributed by atoms with Crippen LogP contribution in [0.2, 0.25) is 0 Å². The molecule has 1 atom stereocenters. The number of nitrogens with zero attached hydrogens (tertiary/aromatic N) is 4. The first-order chi connectivity index (χ1) is 24.6. The van der Waals surface area contributed by atoms with Crippen molar-refractivity contribution in [2.45, 2.75) is 120 Å². The maximum absolute atomic E-state index is 11.1. The molecule has 51 heavy (non-hydrogen) atoms. The SMILES string of the molecule is CCCCC(CC)CC.CCCCC(CC)COc1ccc(-c2nc(-c3ccc(C)c(C)c3O)nc(-c3cn(C)c4ccccc34)n2)c(C)c1C. The highest BCUT2D eigenvalue weighted by Crippen LogP contribution is 2.37. The minimum absolute atomic E-state index is 0.196. The average Bonchev–Trinajstić information content (AvgIpc) is 3.49. The van der Waals surface area contributed by atoms with Crippen LogP contribution in [0, 0.1) is 39.5 Å². The zero-order valence-corrected chi connectivity index (χ0v) is 33.1. The van der Waals surface area contributed by atoms with Gasteiger partial charge in [-0.05, 0) is 92.5 Å². The molecule has 6 nitrogen and oxygen atoms in total. The molecule has 0 amide bonds. The van der Waals surface area contributed by atoms with Crippen molar-refractivity contribution < 1.29 is 9.84 Å². The van der Waals surface area contributed by atoms with Crippen LogP contribution < -0.4 is 4.74 Å². The Kier molecular flexibility index (Phi) is 14.7. The second kappa shape index (κ2) is 18.9. The van der Waals surface area contributed by atoms with E-state index < -0.39 is 0 Å². The van der Waals surface area contributed by atoms with E-state index in [4.69, 9.17) is 19.7 Å². The molecule has 2 aromatic heterocycles. The molecule has 0 radical (unpaired) electrons. The topological polar surface area (TPSA) is 73.1 Å². The highest BCUT2D eigenvalue weighted by molar-refractivity contribution is 5.94. The number of benzene rings is 3. The van der Waals surface area contributed by atoms with Crippen LogP contribution in [0.3, 0.4) is 0 Å². The summed E-state index contributed by atoms with van der Waals surface area (Å²) in [7, 11) is 2.03. The average molecular weight is 691 g/mol. The van der Waals surface area contributed by atoms with E-state index in [1.54, 1.807) is 0 Å². The van der Waals surface area contributed by atoms with Crippen LogP contribution in [-0.4, -0.2) is 31.2 Å². The Morgan fingerprint density at radius 1 is 0.647 bits per heavy atom. The van der Waals surface area contributed by atoms with Crippen LogP contribution in [0.1, 0.15) is 115 Å². The third-order valence-corrected chi connectivity index (χ3v) is 10.8. The van der Waals surface area contributed by atoms with Gasteiger partial charge in [0.25, 0.3) is 0 Å².